The average Bonchev–Trinajstić information content (AvgIpc) is 2.56. The van der Waals surface area contributed by atoms with Gasteiger partial charge in [-0.2, -0.15) is 18.2 Å². The minimum atomic E-state index is -4.07. The number of primary amides is 1. The molecule has 0 unspecified atom stereocenters. The molecule has 4 fully saturated rings. The van der Waals surface area contributed by atoms with Gasteiger partial charge >= 0.3 is 6.18 Å². The molecule has 0 saturated heterocycles. The van der Waals surface area contributed by atoms with Gasteiger partial charge in [0.2, 0.25) is 5.95 Å². The summed E-state index contributed by atoms with van der Waals surface area (Å²) < 4.78 is 37.2. The van der Waals surface area contributed by atoms with Gasteiger partial charge in [0.25, 0.3) is 5.91 Å². The highest BCUT2D eigenvalue weighted by molar-refractivity contribution is 5.97. The van der Waals surface area contributed by atoms with Crippen molar-refractivity contribution in [3.63, 3.8) is 0 Å². The van der Waals surface area contributed by atoms with E-state index in [1.54, 1.807) is 0 Å². The number of nitrogens with two attached hydrogens (primary N) is 1. The Balaban J connectivity index is 1.34. The van der Waals surface area contributed by atoms with E-state index < -0.39 is 18.5 Å². The average molecular weight is 397 g/mol. The van der Waals surface area contributed by atoms with E-state index in [1.165, 1.54) is 6.20 Å². The molecule has 0 spiro atoms. The van der Waals surface area contributed by atoms with Crippen LogP contribution in [0.25, 0.3) is 0 Å². The van der Waals surface area contributed by atoms with Gasteiger partial charge in [-0.3, -0.25) is 4.79 Å². The van der Waals surface area contributed by atoms with E-state index in [0.29, 0.717) is 11.8 Å². The van der Waals surface area contributed by atoms with Crippen molar-refractivity contribution in [2.24, 2.45) is 17.6 Å². The van der Waals surface area contributed by atoms with Crippen molar-refractivity contribution in [3.8, 4) is 0 Å². The Morgan fingerprint density at radius 2 is 1.89 bits per heavy atom. The van der Waals surface area contributed by atoms with Gasteiger partial charge in [-0.05, 0) is 63.2 Å². The second-order valence-electron chi connectivity index (χ2n) is 8.72. The predicted molar refractivity (Wildman–Crippen MR) is 98.9 cm³/mol. The van der Waals surface area contributed by atoms with Crippen molar-refractivity contribution < 1.29 is 18.0 Å². The highest BCUT2D eigenvalue weighted by atomic mass is 19.4. The fraction of sp³-hybridized carbons (Fsp3) is 0.737. The van der Waals surface area contributed by atoms with E-state index in [0.717, 1.165) is 50.9 Å². The van der Waals surface area contributed by atoms with Gasteiger partial charge in [0.15, 0.2) is 0 Å². The number of nitrogens with one attached hydrogen (secondary N) is 2. The molecule has 28 heavy (non-hydrogen) atoms. The molecule has 1 heterocycles. The lowest BCUT2D eigenvalue weighted by Crippen LogP contribution is -2.63. The smallest absolute Gasteiger partial charge is 0.365 e. The van der Waals surface area contributed by atoms with Crippen molar-refractivity contribution in [3.05, 3.63) is 11.8 Å². The number of carbonyl (C=O) groups is 1. The lowest BCUT2D eigenvalue weighted by molar-refractivity contribution is -0.138. The Labute approximate surface area is 161 Å². The first-order valence-corrected chi connectivity index (χ1v) is 10.00. The summed E-state index contributed by atoms with van der Waals surface area (Å²) in [7, 11) is 0. The summed E-state index contributed by atoms with van der Waals surface area (Å²) in [5.74, 6) is 1.25. The highest BCUT2D eigenvalue weighted by Crippen LogP contribution is 2.58. The zero-order valence-electron chi connectivity index (χ0n) is 15.7. The molecule has 0 atom stereocenters. The number of carbonyl (C=O) groups excluding carboxylic acids is 1. The van der Waals surface area contributed by atoms with Gasteiger partial charge in [-0.15, -0.1) is 0 Å². The maximum atomic E-state index is 12.4. The molecule has 2 bridgehead atoms. The van der Waals surface area contributed by atoms with E-state index in [1.807, 2.05) is 0 Å². The van der Waals surface area contributed by atoms with Crippen LogP contribution in [0, 0.1) is 11.8 Å². The van der Waals surface area contributed by atoms with Crippen molar-refractivity contribution in [2.45, 2.75) is 75.5 Å². The SMILES string of the molecule is NC(=O)c1cnc(N[C@H]2CC[C@H](CCC(F)(F)F)CC2)nc1NC12CC(C1)C2. The maximum Gasteiger partial charge on any atom is 0.389 e. The molecule has 4 aliphatic carbocycles. The molecule has 4 N–H and O–H groups in total. The van der Waals surface area contributed by atoms with Gasteiger partial charge in [0.05, 0.1) is 5.56 Å². The number of amides is 1. The Bertz CT molecular complexity index is 729. The molecule has 6 nitrogen and oxygen atoms in total. The second kappa shape index (κ2) is 7.08. The Hall–Kier alpha value is -2.06. The third-order valence-corrected chi connectivity index (χ3v) is 6.49. The summed E-state index contributed by atoms with van der Waals surface area (Å²) in [5, 5.41) is 6.67. The molecule has 0 aromatic carbocycles. The Morgan fingerprint density at radius 1 is 1.21 bits per heavy atom. The Kier molecular flexibility index (Phi) is 4.87. The van der Waals surface area contributed by atoms with Crippen LogP contribution in [0.15, 0.2) is 6.20 Å². The van der Waals surface area contributed by atoms with Crippen molar-refractivity contribution in [2.75, 3.05) is 10.6 Å². The van der Waals surface area contributed by atoms with Crippen LogP contribution in [-0.2, 0) is 0 Å². The van der Waals surface area contributed by atoms with E-state index in [9.17, 15) is 18.0 Å². The summed E-state index contributed by atoms with van der Waals surface area (Å²) in [6, 6.07) is 0.129. The third-order valence-electron chi connectivity index (χ3n) is 6.49. The summed E-state index contributed by atoms with van der Waals surface area (Å²) in [6.07, 6.45) is 3.28. The first kappa shape index (κ1) is 19.3. The highest BCUT2D eigenvalue weighted by Gasteiger charge is 2.57. The van der Waals surface area contributed by atoms with Gasteiger partial charge < -0.3 is 16.4 Å². The quantitative estimate of drug-likeness (QED) is 0.650. The second-order valence-corrected chi connectivity index (χ2v) is 8.72. The number of anilines is 2. The van der Waals surface area contributed by atoms with Crippen LogP contribution in [0.3, 0.4) is 0 Å². The predicted octanol–water partition coefficient (Wildman–Crippen LogP) is 3.85. The zero-order chi connectivity index (χ0) is 19.9. The number of halogens is 3. The number of nitrogens with zero attached hydrogens (tertiary/aromatic N) is 2. The monoisotopic (exact) mass is 397 g/mol. The number of aromatic nitrogens is 2. The van der Waals surface area contributed by atoms with Crippen LogP contribution in [-0.4, -0.2) is 33.6 Å². The van der Waals surface area contributed by atoms with Gasteiger partial charge in [0.1, 0.15) is 5.82 Å². The standard InChI is InChI=1S/C19H26F3N5O/c20-19(21,22)6-5-11-1-3-13(4-2-11)25-17-24-10-14(15(23)28)16(26-17)27-18-7-12(8-18)9-18/h10-13H,1-9H2,(H2,23,28)(H2,24,25,26,27)/t11-,12?,13-,18?. The van der Waals surface area contributed by atoms with Crippen LogP contribution in [0.4, 0.5) is 24.9 Å². The zero-order valence-corrected chi connectivity index (χ0v) is 15.7. The molecular weight excluding hydrogens is 371 g/mol. The fourth-order valence-electron chi connectivity index (χ4n) is 4.76. The van der Waals surface area contributed by atoms with Gasteiger partial charge in [-0.1, -0.05) is 0 Å². The number of hydrogen-bond donors (Lipinski definition) is 3. The molecule has 9 heteroatoms. The lowest BCUT2D eigenvalue weighted by atomic mass is 9.50. The van der Waals surface area contributed by atoms with E-state index in [-0.39, 0.29) is 29.5 Å². The first-order chi connectivity index (χ1) is 13.2. The summed E-state index contributed by atoms with van der Waals surface area (Å²) in [6.45, 7) is 0. The molecule has 5 rings (SSSR count). The number of alkyl halides is 3. The van der Waals surface area contributed by atoms with Crippen LogP contribution in [0.1, 0.15) is 68.1 Å². The lowest BCUT2D eigenvalue weighted by Gasteiger charge is -2.62. The van der Waals surface area contributed by atoms with Gasteiger partial charge in [0, 0.05) is 24.2 Å². The molecule has 0 aliphatic heterocycles. The summed E-state index contributed by atoms with van der Waals surface area (Å²) in [5.41, 5.74) is 5.79. The minimum absolute atomic E-state index is 0.0526. The fourth-order valence-corrected chi connectivity index (χ4v) is 4.76. The van der Waals surface area contributed by atoms with E-state index in [2.05, 4.69) is 20.6 Å². The molecular formula is C19H26F3N5O. The van der Waals surface area contributed by atoms with Crippen LogP contribution in [0.5, 0.6) is 0 Å². The van der Waals surface area contributed by atoms with E-state index in [4.69, 9.17) is 5.73 Å². The van der Waals surface area contributed by atoms with Crippen molar-refractivity contribution in [1.82, 2.24) is 9.97 Å². The normalized spacial score (nSPS) is 31.5. The number of rotatable bonds is 7. The molecule has 4 aliphatic rings. The van der Waals surface area contributed by atoms with Crippen molar-refractivity contribution >= 4 is 17.7 Å². The van der Waals surface area contributed by atoms with Crippen LogP contribution in [0.2, 0.25) is 0 Å². The third kappa shape index (κ3) is 4.17. The van der Waals surface area contributed by atoms with E-state index >= 15 is 0 Å². The molecule has 4 saturated carbocycles. The van der Waals surface area contributed by atoms with Crippen LogP contribution >= 0.6 is 0 Å². The molecule has 0 radical (unpaired) electrons. The molecule has 1 aromatic heterocycles. The summed E-state index contributed by atoms with van der Waals surface area (Å²) in [4.78, 5) is 20.4. The van der Waals surface area contributed by atoms with Crippen molar-refractivity contribution in [1.29, 1.82) is 0 Å². The maximum absolute atomic E-state index is 12.4. The molecule has 1 aromatic rings. The molecule has 1 amide bonds. The number of hydrogen-bond acceptors (Lipinski definition) is 5. The minimum Gasteiger partial charge on any atom is -0.365 e. The topological polar surface area (TPSA) is 92.9 Å². The molecule has 154 valence electrons. The summed E-state index contributed by atoms with van der Waals surface area (Å²) >= 11 is 0. The first-order valence-electron chi connectivity index (χ1n) is 10.00. The largest absolute Gasteiger partial charge is 0.389 e. The Morgan fingerprint density at radius 3 is 2.43 bits per heavy atom. The van der Waals surface area contributed by atoms with Crippen LogP contribution < -0.4 is 16.4 Å². The van der Waals surface area contributed by atoms with Gasteiger partial charge in [-0.25, -0.2) is 4.98 Å².